The lowest BCUT2D eigenvalue weighted by molar-refractivity contribution is 0.520. The predicted molar refractivity (Wildman–Crippen MR) is 102 cm³/mol. The zero-order chi connectivity index (χ0) is 16.0. The summed E-state index contributed by atoms with van der Waals surface area (Å²) >= 11 is 0. The first-order chi connectivity index (χ1) is 11.4. The maximum absolute atomic E-state index is 4.07. The fourth-order valence-corrected chi connectivity index (χ4v) is 3.02. The van der Waals surface area contributed by atoms with Gasteiger partial charge in [0, 0.05) is 37.9 Å². The first kappa shape index (κ1) is 20.8. The van der Waals surface area contributed by atoms with Crippen molar-refractivity contribution < 1.29 is 0 Å². The van der Waals surface area contributed by atoms with E-state index in [2.05, 4.69) is 31.5 Å². The largest absolute Gasteiger partial charge is 0.337 e. The van der Waals surface area contributed by atoms with Gasteiger partial charge in [0.2, 0.25) is 0 Å². The molecule has 0 saturated heterocycles. The molecule has 5 heteroatoms. The minimum atomic E-state index is 0. The Kier molecular flexibility index (Phi) is 12.2. The van der Waals surface area contributed by atoms with E-state index >= 15 is 0 Å². The summed E-state index contributed by atoms with van der Waals surface area (Å²) < 4.78 is 4.35. The van der Waals surface area contributed by atoms with Crippen LogP contribution in [0.1, 0.15) is 70.6 Å². The van der Waals surface area contributed by atoms with Crippen LogP contribution in [-0.2, 0) is 13.1 Å². The number of halogens is 1. The molecule has 0 aromatic carbocycles. The summed E-state index contributed by atoms with van der Waals surface area (Å²) in [6, 6.07) is 0. The molecular formula is C19H33ClN4. The number of imidazole rings is 2. The lowest BCUT2D eigenvalue weighted by atomic mass is 10.1. The molecule has 0 amide bonds. The Hall–Kier alpha value is -1.29. The molecule has 0 spiro atoms. The van der Waals surface area contributed by atoms with E-state index in [1.807, 2.05) is 25.0 Å². The van der Waals surface area contributed by atoms with E-state index in [4.69, 9.17) is 0 Å². The molecule has 0 bridgehead atoms. The normalized spacial score (nSPS) is 10.7. The van der Waals surface area contributed by atoms with Crippen LogP contribution in [0.15, 0.2) is 37.4 Å². The first-order valence-electron chi connectivity index (χ1n) is 9.36. The van der Waals surface area contributed by atoms with E-state index in [9.17, 15) is 0 Å². The van der Waals surface area contributed by atoms with Crippen molar-refractivity contribution in [2.24, 2.45) is 0 Å². The fourth-order valence-electron chi connectivity index (χ4n) is 3.02. The van der Waals surface area contributed by atoms with Crippen LogP contribution in [0.25, 0.3) is 0 Å². The SMILES string of the molecule is Cl.c1cn(CCCCCCCCCCCCCn2ccnc2)cn1. The molecule has 2 heterocycles. The topological polar surface area (TPSA) is 35.6 Å². The zero-order valence-electron chi connectivity index (χ0n) is 14.9. The molecule has 0 saturated carbocycles. The Morgan fingerprint density at radius 2 is 0.833 bits per heavy atom. The molecule has 0 aliphatic heterocycles. The van der Waals surface area contributed by atoms with Gasteiger partial charge in [-0.25, -0.2) is 9.97 Å². The van der Waals surface area contributed by atoms with Crippen molar-refractivity contribution in [3.63, 3.8) is 0 Å². The van der Waals surface area contributed by atoms with Crippen LogP contribution in [0, 0.1) is 0 Å². The van der Waals surface area contributed by atoms with Crippen molar-refractivity contribution in [3.8, 4) is 0 Å². The standard InChI is InChI=1S/C19H32N4.ClH/c1(2-4-6-8-10-14-22-16-12-20-18-22)3-5-7-9-11-15-23-17-13-21-19-23;/h12-13,16-19H,1-11,14-15H2;1H. The maximum atomic E-state index is 4.07. The van der Waals surface area contributed by atoms with Gasteiger partial charge >= 0.3 is 0 Å². The van der Waals surface area contributed by atoms with Gasteiger partial charge < -0.3 is 9.13 Å². The molecule has 0 aliphatic rings. The van der Waals surface area contributed by atoms with Gasteiger partial charge in [-0.05, 0) is 12.8 Å². The van der Waals surface area contributed by atoms with Crippen molar-refractivity contribution in [1.82, 2.24) is 19.1 Å². The van der Waals surface area contributed by atoms with Crippen LogP contribution in [0.5, 0.6) is 0 Å². The molecule has 136 valence electrons. The van der Waals surface area contributed by atoms with E-state index < -0.39 is 0 Å². The highest BCUT2D eigenvalue weighted by molar-refractivity contribution is 5.85. The summed E-state index contributed by atoms with van der Waals surface area (Å²) in [5, 5.41) is 0. The summed E-state index contributed by atoms with van der Waals surface area (Å²) in [7, 11) is 0. The third-order valence-electron chi connectivity index (χ3n) is 4.45. The second-order valence-corrected chi connectivity index (χ2v) is 6.49. The molecule has 2 rings (SSSR count). The van der Waals surface area contributed by atoms with Crippen LogP contribution in [0.3, 0.4) is 0 Å². The van der Waals surface area contributed by atoms with Crippen molar-refractivity contribution in [2.45, 2.75) is 83.7 Å². The Morgan fingerprint density at radius 3 is 1.12 bits per heavy atom. The molecule has 0 unspecified atom stereocenters. The number of unbranched alkanes of at least 4 members (excludes halogenated alkanes) is 10. The van der Waals surface area contributed by atoms with E-state index in [0.717, 1.165) is 13.1 Å². The Bertz CT molecular complexity index is 423. The maximum Gasteiger partial charge on any atom is 0.0945 e. The predicted octanol–water partition coefficient (Wildman–Crippen LogP) is 5.49. The average Bonchev–Trinajstić information content (AvgIpc) is 3.25. The lowest BCUT2D eigenvalue weighted by Gasteiger charge is -2.04. The summed E-state index contributed by atoms with van der Waals surface area (Å²) in [6.45, 7) is 2.25. The van der Waals surface area contributed by atoms with Gasteiger partial charge in [0.1, 0.15) is 0 Å². The van der Waals surface area contributed by atoms with Gasteiger partial charge in [0.15, 0.2) is 0 Å². The van der Waals surface area contributed by atoms with Crippen LogP contribution in [0.4, 0.5) is 0 Å². The molecule has 2 aromatic rings. The molecule has 0 N–H and O–H groups in total. The van der Waals surface area contributed by atoms with Gasteiger partial charge in [-0.2, -0.15) is 0 Å². The van der Waals surface area contributed by atoms with Crippen LogP contribution in [-0.4, -0.2) is 19.1 Å². The summed E-state index contributed by atoms with van der Waals surface area (Å²) in [5.41, 5.74) is 0. The monoisotopic (exact) mass is 352 g/mol. The Labute approximate surface area is 153 Å². The van der Waals surface area contributed by atoms with Gasteiger partial charge in [-0.15, -0.1) is 12.4 Å². The summed E-state index contributed by atoms with van der Waals surface area (Å²) in [5.74, 6) is 0. The number of aromatic nitrogens is 4. The van der Waals surface area contributed by atoms with E-state index in [1.54, 1.807) is 0 Å². The van der Waals surface area contributed by atoms with Gasteiger partial charge in [0.25, 0.3) is 0 Å². The zero-order valence-corrected chi connectivity index (χ0v) is 15.7. The summed E-state index contributed by atoms with van der Waals surface area (Å²) in [6.07, 6.45) is 26.8. The van der Waals surface area contributed by atoms with E-state index in [1.165, 1.54) is 70.6 Å². The van der Waals surface area contributed by atoms with Crippen molar-refractivity contribution in [2.75, 3.05) is 0 Å². The second-order valence-electron chi connectivity index (χ2n) is 6.49. The first-order valence-corrected chi connectivity index (χ1v) is 9.36. The molecule has 0 aliphatic carbocycles. The highest BCUT2D eigenvalue weighted by Gasteiger charge is 1.95. The molecule has 0 radical (unpaired) electrons. The number of nitrogens with zero attached hydrogens (tertiary/aromatic N) is 4. The minimum absolute atomic E-state index is 0. The second kappa shape index (κ2) is 14.1. The Balaban J connectivity index is 0.00000288. The van der Waals surface area contributed by atoms with Crippen LogP contribution in [0.2, 0.25) is 0 Å². The van der Waals surface area contributed by atoms with Crippen LogP contribution < -0.4 is 0 Å². The molecule has 2 aromatic heterocycles. The van der Waals surface area contributed by atoms with Crippen molar-refractivity contribution in [3.05, 3.63) is 37.4 Å². The highest BCUT2D eigenvalue weighted by Crippen LogP contribution is 2.12. The number of aryl methyl sites for hydroxylation is 2. The molecule has 24 heavy (non-hydrogen) atoms. The quantitative estimate of drug-likeness (QED) is 0.421. The third kappa shape index (κ3) is 9.76. The summed E-state index contributed by atoms with van der Waals surface area (Å²) in [4.78, 5) is 8.14. The van der Waals surface area contributed by atoms with Gasteiger partial charge in [0.05, 0.1) is 12.7 Å². The number of rotatable bonds is 14. The van der Waals surface area contributed by atoms with Crippen molar-refractivity contribution in [1.29, 1.82) is 0 Å². The van der Waals surface area contributed by atoms with E-state index in [0.29, 0.717) is 0 Å². The minimum Gasteiger partial charge on any atom is -0.337 e. The number of hydrogen-bond acceptors (Lipinski definition) is 2. The smallest absolute Gasteiger partial charge is 0.0945 e. The molecule has 0 atom stereocenters. The van der Waals surface area contributed by atoms with Crippen molar-refractivity contribution >= 4 is 12.4 Å². The molecular weight excluding hydrogens is 320 g/mol. The Morgan fingerprint density at radius 1 is 0.500 bits per heavy atom. The van der Waals surface area contributed by atoms with Gasteiger partial charge in [-0.1, -0.05) is 57.8 Å². The van der Waals surface area contributed by atoms with E-state index in [-0.39, 0.29) is 12.4 Å². The lowest BCUT2D eigenvalue weighted by Crippen LogP contribution is -1.94. The average molecular weight is 353 g/mol. The number of hydrogen-bond donors (Lipinski definition) is 0. The third-order valence-corrected chi connectivity index (χ3v) is 4.45. The highest BCUT2D eigenvalue weighted by atomic mass is 35.5. The van der Waals surface area contributed by atoms with Crippen LogP contribution >= 0.6 is 12.4 Å². The fraction of sp³-hybridized carbons (Fsp3) is 0.684. The van der Waals surface area contributed by atoms with Gasteiger partial charge in [-0.3, -0.25) is 0 Å². The molecule has 0 fully saturated rings. The molecule has 4 nitrogen and oxygen atoms in total.